The molecule has 0 amide bonds. The lowest BCUT2D eigenvalue weighted by molar-refractivity contribution is 0.122. The highest BCUT2D eigenvalue weighted by atomic mass is 16.5. The summed E-state index contributed by atoms with van der Waals surface area (Å²) < 4.78 is 5.48. The van der Waals surface area contributed by atoms with Gasteiger partial charge in [-0.05, 0) is 29.8 Å². The second kappa shape index (κ2) is 6.90. The first-order valence-corrected chi connectivity index (χ1v) is 9.07. The fourth-order valence-corrected chi connectivity index (χ4v) is 3.51. The van der Waals surface area contributed by atoms with Crippen LogP contribution in [0, 0.1) is 0 Å². The Morgan fingerprint density at radius 2 is 1.93 bits per heavy atom. The lowest BCUT2D eigenvalue weighted by atomic mass is 10.0. The van der Waals surface area contributed by atoms with Gasteiger partial charge in [0.25, 0.3) is 0 Å². The predicted molar refractivity (Wildman–Crippen MR) is 105 cm³/mol. The summed E-state index contributed by atoms with van der Waals surface area (Å²) in [4.78, 5) is 15.7. The van der Waals surface area contributed by atoms with Crippen molar-refractivity contribution in [1.29, 1.82) is 0 Å². The number of aromatic hydroxyl groups is 1. The third-order valence-corrected chi connectivity index (χ3v) is 4.90. The molecule has 5 heterocycles. The third-order valence-electron chi connectivity index (χ3n) is 4.90. The number of aromatic amines is 1. The molecule has 0 unspecified atom stereocenters. The largest absolute Gasteiger partial charge is 0.506 e. The van der Waals surface area contributed by atoms with E-state index in [4.69, 9.17) is 9.72 Å². The zero-order valence-electron chi connectivity index (χ0n) is 15.0. The van der Waals surface area contributed by atoms with E-state index in [9.17, 15) is 5.11 Å². The number of nitrogens with zero attached hydrogens (tertiary/aromatic N) is 5. The number of aromatic nitrogens is 5. The van der Waals surface area contributed by atoms with Gasteiger partial charge in [0.15, 0.2) is 0 Å². The number of nitrogens with one attached hydrogen (secondary N) is 1. The fraction of sp³-hybridized carbons (Fsp3) is 0.200. The topological polar surface area (TPSA) is 100 Å². The van der Waals surface area contributed by atoms with Crippen LogP contribution in [0.4, 0.5) is 5.82 Å². The number of hydrogen-bond acceptors (Lipinski definition) is 7. The number of anilines is 1. The van der Waals surface area contributed by atoms with Crippen LogP contribution in [0.1, 0.15) is 0 Å². The molecule has 0 radical (unpaired) electrons. The van der Waals surface area contributed by atoms with Crippen molar-refractivity contribution in [3.05, 3.63) is 49.1 Å². The molecule has 140 valence electrons. The fourth-order valence-electron chi connectivity index (χ4n) is 3.51. The number of pyridine rings is 3. The average Bonchev–Trinajstić information content (AvgIpc) is 3.28. The molecule has 0 aliphatic carbocycles. The second-order valence-electron chi connectivity index (χ2n) is 6.55. The molecule has 1 aliphatic rings. The van der Waals surface area contributed by atoms with Gasteiger partial charge in [-0.1, -0.05) is 0 Å². The Labute approximate surface area is 160 Å². The van der Waals surface area contributed by atoms with Gasteiger partial charge in [-0.25, -0.2) is 4.98 Å². The maximum atomic E-state index is 10.4. The highest BCUT2D eigenvalue weighted by molar-refractivity contribution is 6.02. The third kappa shape index (κ3) is 2.84. The van der Waals surface area contributed by atoms with Crippen molar-refractivity contribution in [1.82, 2.24) is 25.1 Å². The van der Waals surface area contributed by atoms with Gasteiger partial charge in [0.05, 0.1) is 25.1 Å². The summed E-state index contributed by atoms with van der Waals surface area (Å²) in [5.74, 6) is 0.957. The second-order valence-corrected chi connectivity index (χ2v) is 6.55. The summed E-state index contributed by atoms with van der Waals surface area (Å²) in [5, 5.41) is 18.3. The number of ether oxygens (including phenoxy) is 1. The van der Waals surface area contributed by atoms with E-state index in [0.717, 1.165) is 46.8 Å². The molecule has 0 atom stereocenters. The van der Waals surface area contributed by atoms with E-state index in [0.29, 0.717) is 18.8 Å². The Morgan fingerprint density at radius 3 is 2.71 bits per heavy atom. The average molecular weight is 374 g/mol. The molecule has 28 heavy (non-hydrogen) atoms. The molecule has 0 spiro atoms. The first kappa shape index (κ1) is 16.6. The Balaban J connectivity index is 1.80. The van der Waals surface area contributed by atoms with Crippen molar-refractivity contribution in [2.45, 2.75) is 0 Å². The Bertz CT molecular complexity index is 1120. The standard InChI is InChI=1S/C20H18N6O2/c27-17-12-21-4-1-13(17)15-11-18(26-7-9-28-10-8-26)24-19-14(15)2-5-22-20(19)16-3-6-23-25-16/h1-6,11-12,27H,7-10H2,(H,23,25). The van der Waals surface area contributed by atoms with Crippen molar-refractivity contribution < 1.29 is 9.84 Å². The highest BCUT2D eigenvalue weighted by Crippen LogP contribution is 2.37. The van der Waals surface area contributed by atoms with Crippen LogP contribution in [-0.4, -0.2) is 56.6 Å². The van der Waals surface area contributed by atoms with Gasteiger partial charge < -0.3 is 14.7 Å². The molecule has 8 heteroatoms. The van der Waals surface area contributed by atoms with Crippen molar-refractivity contribution in [3.63, 3.8) is 0 Å². The molecule has 8 nitrogen and oxygen atoms in total. The number of rotatable bonds is 3. The van der Waals surface area contributed by atoms with E-state index < -0.39 is 0 Å². The minimum atomic E-state index is 0.128. The van der Waals surface area contributed by atoms with Crippen LogP contribution >= 0.6 is 0 Å². The summed E-state index contributed by atoms with van der Waals surface area (Å²) in [7, 11) is 0. The van der Waals surface area contributed by atoms with Crippen molar-refractivity contribution in [3.8, 4) is 28.3 Å². The Kier molecular flexibility index (Phi) is 4.10. The normalized spacial score (nSPS) is 14.5. The van der Waals surface area contributed by atoms with Crippen molar-refractivity contribution >= 4 is 16.7 Å². The molecule has 0 bridgehead atoms. The lowest BCUT2D eigenvalue weighted by Crippen LogP contribution is -2.36. The van der Waals surface area contributed by atoms with Crippen LogP contribution in [0.5, 0.6) is 5.75 Å². The quantitative estimate of drug-likeness (QED) is 0.568. The van der Waals surface area contributed by atoms with Crippen molar-refractivity contribution in [2.24, 2.45) is 0 Å². The van der Waals surface area contributed by atoms with Gasteiger partial charge in [-0.2, -0.15) is 5.10 Å². The van der Waals surface area contributed by atoms with E-state index >= 15 is 0 Å². The molecule has 1 aliphatic heterocycles. The zero-order valence-corrected chi connectivity index (χ0v) is 15.0. The minimum Gasteiger partial charge on any atom is -0.506 e. The van der Waals surface area contributed by atoms with E-state index in [1.165, 1.54) is 6.20 Å². The zero-order chi connectivity index (χ0) is 18.9. The smallest absolute Gasteiger partial charge is 0.141 e. The van der Waals surface area contributed by atoms with Crippen LogP contribution in [0.15, 0.2) is 49.1 Å². The van der Waals surface area contributed by atoms with E-state index in [1.807, 2.05) is 24.3 Å². The van der Waals surface area contributed by atoms with E-state index in [1.54, 1.807) is 18.6 Å². The van der Waals surface area contributed by atoms with Crippen LogP contribution < -0.4 is 4.90 Å². The number of morpholine rings is 1. The Morgan fingerprint density at radius 1 is 1.04 bits per heavy atom. The maximum Gasteiger partial charge on any atom is 0.141 e. The molecule has 0 aromatic carbocycles. The van der Waals surface area contributed by atoms with Gasteiger partial charge in [0, 0.05) is 42.6 Å². The Hall–Kier alpha value is -3.52. The molecule has 2 N–H and O–H groups in total. The predicted octanol–water partition coefficient (Wildman–Crippen LogP) is 2.62. The molecule has 0 saturated carbocycles. The van der Waals surface area contributed by atoms with Gasteiger partial charge >= 0.3 is 0 Å². The van der Waals surface area contributed by atoms with Crippen LogP contribution in [0.2, 0.25) is 0 Å². The summed E-state index contributed by atoms with van der Waals surface area (Å²) in [6.07, 6.45) is 6.56. The molecule has 4 aromatic heterocycles. The number of fused-ring (bicyclic) bond motifs is 1. The van der Waals surface area contributed by atoms with Crippen LogP contribution in [0.3, 0.4) is 0 Å². The first-order chi connectivity index (χ1) is 13.8. The summed E-state index contributed by atoms with van der Waals surface area (Å²) >= 11 is 0. The van der Waals surface area contributed by atoms with Crippen LogP contribution in [-0.2, 0) is 4.74 Å². The van der Waals surface area contributed by atoms with E-state index in [-0.39, 0.29) is 5.75 Å². The van der Waals surface area contributed by atoms with Gasteiger partial charge in [-0.15, -0.1) is 0 Å². The maximum absolute atomic E-state index is 10.4. The summed E-state index contributed by atoms with van der Waals surface area (Å²) in [5.41, 5.74) is 3.86. The lowest BCUT2D eigenvalue weighted by Gasteiger charge is -2.28. The van der Waals surface area contributed by atoms with Gasteiger partial charge in [0.2, 0.25) is 0 Å². The minimum absolute atomic E-state index is 0.128. The first-order valence-electron chi connectivity index (χ1n) is 9.07. The highest BCUT2D eigenvalue weighted by Gasteiger charge is 2.19. The number of H-pyrrole nitrogens is 1. The molecular weight excluding hydrogens is 356 g/mol. The summed E-state index contributed by atoms with van der Waals surface area (Å²) in [6, 6.07) is 7.61. The van der Waals surface area contributed by atoms with Crippen LogP contribution in [0.25, 0.3) is 33.4 Å². The van der Waals surface area contributed by atoms with Gasteiger partial charge in [-0.3, -0.25) is 15.1 Å². The molecule has 4 aromatic rings. The van der Waals surface area contributed by atoms with Gasteiger partial charge in [0.1, 0.15) is 22.8 Å². The van der Waals surface area contributed by atoms with E-state index in [2.05, 4.69) is 25.1 Å². The summed E-state index contributed by atoms with van der Waals surface area (Å²) in [6.45, 7) is 2.85. The molecular formula is C20H18N6O2. The molecule has 1 saturated heterocycles. The SMILES string of the molecule is Oc1cnccc1-c1cc(N2CCOCC2)nc2c(-c3ccn[nH]3)nccc12. The molecule has 5 rings (SSSR count). The molecule has 1 fully saturated rings. The number of hydrogen-bond donors (Lipinski definition) is 2. The van der Waals surface area contributed by atoms with Crippen molar-refractivity contribution in [2.75, 3.05) is 31.2 Å². The monoisotopic (exact) mass is 374 g/mol.